The molecule has 0 aliphatic carbocycles. The highest BCUT2D eigenvalue weighted by atomic mass is 35.5. The first-order valence-corrected chi connectivity index (χ1v) is 8.60. The zero-order valence-corrected chi connectivity index (χ0v) is 14.3. The van der Waals surface area contributed by atoms with Crippen molar-refractivity contribution >= 4 is 40.2 Å². The number of thiophene rings is 1. The molecule has 3 aromatic rings. The van der Waals surface area contributed by atoms with Gasteiger partial charge in [0.15, 0.2) is 0 Å². The molecule has 2 heterocycles. The summed E-state index contributed by atoms with van der Waals surface area (Å²) in [6, 6.07) is 7.89. The Hall–Kier alpha value is -1.49. The van der Waals surface area contributed by atoms with Crippen LogP contribution in [0.25, 0.3) is 5.00 Å². The maximum Gasteiger partial charge on any atom is 0.119 e. The van der Waals surface area contributed by atoms with E-state index in [0.717, 1.165) is 23.7 Å². The lowest BCUT2D eigenvalue weighted by molar-refractivity contribution is 0.897. The summed E-state index contributed by atoms with van der Waals surface area (Å²) in [4.78, 5) is 0. The van der Waals surface area contributed by atoms with Gasteiger partial charge in [-0.3, -0.25) is 0 Å². The molecular formula is C16H15Cl2N3S. The topological polar surface area (TPSA) is 29.9 Å². The molecule has 3 nitrogen and oxygen atoms in total. The van der Waals surface area contributed by atoms with Gasteiger partial charge in [0.1, 0.15) is 5.00 Å². The second-order valence-corrected chi connectivity index (χ2v) is 6.57. The minimum absolute atomic E-state index is 0.596. The van der Waals surface area contributed by atoms with Gasteiger partial charge in [-0.05, 0) is 41.8 Å². The van der Waals surface area contributed by atoms with Crippen molar-refractivity contribution in [3.05, 3.63) is 63.2 Å². The molecule has 1 aromatic carbocycles. The van der Waals surface area contributed by atoms with Crippen LogP contribution in [0.15, 0.2) is 42.0 Å². The van der Waals surface area contributed by atoms with Crippen LogP contribution < -0.4 is 5.32 Å². The average Bonchev–Trinajstić information content (AvgIpc) is 3.18. The number of hydrogen-bond acceptors (Lipinski definition) is 3. The van der Waals surface area contributed by atoms with Crippen LogP contribution in [0.1, 0.15) is 18.1 Å². The van der Waals surface area contributed by atoms with Gasteiger partial charge in [-0.25, -0.2) is 4.68 Å². The molecule has 114 valence electrons. The second-order valence-electron chi connectivity index (χ2n) is 4.87. The van der Waals surface area contributed by atoms with Gasteiger partial charge < -0.3 is 5.32 Å². The highest BCUT2D eigenvalue weighted by Crippen LogP contribution is 2.28. The molecule has 0 unspecified atom stereocenters. The van der Waals surface area contributed by atoms with Gasteiger partial charge in [-0.2, -0.15) is 5.10 Å². The number of aromatic nitrogens is 2. The first-order valence-electron chi connectivity index (χ1n) is 6.96. The second kappa shape index (κ2) is 6.73. The molecule has 0 fully saturated rings. The molecule has 0 radical (unpaired) electrons. The van der Waals surface area contributed by atoms with Crippen molar-refractivity contribution in [2.45, 2.75) is 19.9 Å². The monoisotopic (exact) mass is 351 g/mol. The molecule has 22 heavy (non-hydrogen) atoms. The van der Waals surface area contributed by atoms with E-state index in [1.807, 2.05) is 29.1 Å². The molecular weight excluding hydrogens is 337 g/mol. The highest BCUT2D eigenvalue weighted by molar-refractivity contribution is 7.13. The zero-order chi connectivity index (χ0) is 15.5. The van der Waals surface area contributed by atoms with E-state index >= 15 is 0 Å². The summed E-state index contributed by atoms with van der Waals surface area (Å²) in [5.74, 6) is 0. The average molecular weight is 352 g/mol. The molecule has 6 heteroatoms. The van der Waals surface area contributed by atoms with E-state index in [9.17, 15) is 0 Å². The first kappa shape index (κ1) is 15.4. The van der Waals surface area contributed by atoms with Crippen LogP contribution in [0.2, 0.25) is 10.0 Å². The van der Waals surface area contributed by atoms with Crippen molar-refractivity contribution in [2.75, 3.05) is 5.32 Å². The van der Waals surface area contributed by atoms with Crippen molar-refractivity contribution in [1.29, 1.82) is 0 Å². The Morgan fingerprint density at radius 1 is 1.18 bits per heavy atom. The van der Waals surface area contributed by atoms with Gasteiger partial charge in [0.2, 0.25) is 0 Å². The molecule has 0 spiro atoms. The lowest BCUT2D eigenvalue weighted by Crippen LogP contribution is -2.02. The number of aryl methyl sites for hydroxylation is 1. The minimum Gasteiger partial charge on any atom is -0.380 e. The van der Waals surface area contributed by atoms with E-state index in [4.69, 9.17) is 23.2 Å². The largest absolute Gasteiger partial charge is 0.380 e. The Kier molecular flexibility index (Phi) is 4.71. The zero-order valence-electron chi connectivity index (χ0n) is 12.0. The third-order valence-corrected chi connectivity index (χ3v) is 5.06. The molecule has 0 bridgehead atoms. The fourth-order valence-electron chi connectivity index (χ4n) is 2.26. The first-order chi connectivity index (χ1) is 10.7. The summed E-state index contributed by atoms with van der Waals surface area (Å²) in [7, 11) is 0. The number of rotatable bonds is 5. The van der Waals surface area contributed by atoms with Crippen LogP contribution in [0.4, 0.5) is 5.69 Å². The van der Waals surface area contributed by atoms with Crippen LogP contribution in [-0.2, 0) is 13.0 Å². The van der Waals surface area contributed by atoms with E-state index in [-0.39, 0.29) is 0 Å². The number of nitrogens with zero attached hydrogens (tertiary/aromatic N) is 2. The molecule has 0 aliphatic rings. The smallest absolute Gasteiger partial charge is 0.119 e. The van der Waals surface area contributed by atoms with E-state index < -0.39 is 0 Å². The van der Waals surface area contributed by atoms with Crippen molar-refractivity contribution in [2.24, 2.45) is 0 Å². The number of benzene rings is 1. The molecule has 2 aromatic heterocycles. The SMILES string of the molecule is CCc1cc(Cl)c(Cl)cc1CNc1csc(-n2cccn2)c1. The summed E-state index contributed by atoms with van der Waals surface area (Å²) in [6.07, 6.45) is 4.63. The Labute approximate surface area is 143 Å². The summed E-state index contributed by atoms with van der Waals surface area (Å²) in [5.41, 5.74) is 3.46. The summed E-state index contributed by atoms with van der Waals surface area (Å²) in [5, 5.41) is 12.0. The van der Waals surface area contributed by atoms with E-state index in [1.54, 1.807) is 17.5 Å². The van der Waals surface area contributed by atoms with E-state index in [0.29, 0.717) is 10.0 Å². The third kappa shape index (κ3) is 3.29. The normalized spacial score (nSPS) is 10.9. The van der Waals surface area contributed by atoms with Crippen LogP contribution in [0.5, 0.6) is 0 Å². The van der Waals surface area contributed by atoms with Gasteiger partial charge in [-0.1, -0.05) is 30.1 Å². The van der Waals surface area contributed by atoms with E-state index in [1.165, 1.54) is 11.1 Å². The molecule has 0 amide bonds. The Bertz CT molecular complexity index is 766. The van der Waals surface area contributed by atoms with Crippen LogP contribution in [0, 0.1) is 0 Å². The van der Waals surface area contributed by atoms with Gasteiger partial charge >= 0.3 is 0 Å². The summed E-state index contributed by atoms with van der Waals surface area (Å²) in [6.45, 7) is 2.83. The fourth-order valence-corrected chi connectivity index (χ4v) is 3.44. The number of hydrogen-bond donors (Lipinski definition) is 1. The Balaban J connectivity index is 1.74. The Morgan fingerprint density at radius 2 is 1.95 bits per heavy atom. The lowest BCUT2D eigenvalue weighted by atomic mass is 10.1. The minimum atomic E-state index is 0.596. The molecule has 0 atom stereocenters. The van der Waals surface area contributed by atoms with Crippen molar-refractivity contribution in [3.8, 4) is 5.00 Å². The quantitative estimate of drug-likeness (QED) is 0.665. The van der Waals surface area contributed by atoms with Crippen LogP contribution >= 0.6 is 34.5 Å². The number of anilines is 1. The van der Waals surface area contributed by atoms with Gasteiger partial charge in [0.05, 0.1) is 10.0 Å². The van der Waals surface area contributed by atoms with Crippen molar-refractivity contribution in [3.63, 3.8) is 0 Å². The predicted molar refractivity (Wildman–Crippen MR) is 94.6 cm³/mol. The van der Waals surface area contributed by atoms with Crippen molar-refractivity contribution < 1.29 is 0 Å². The van der Waals surface area contributed by atoms with Gasteiger partial charge in [-0.15, -0.1) is 11.3 Å². The van der Waals surface area contributed by atoms with Crippen molar-refractivity contribution in [1.82, 2.24) is 9.78 Å². The van der Waals surface area contributed by atoms with Crippen LogP contribution in [-0.4, -0.2) is 9.78 Å². The molecule has 0 saturated heterocycles. The van der Waals surface area contributed by atoms with Crippen LogP contribution in [0.3, 0.4) is 0 Å². The standard InChI is InChI=1S/C16H15Cl2N3S/c1-2-11-6-14(17)15(18)7-12(11)9-19-13-8-16(22-10-13)21-5-3-4-20-21/h3-8,10,19H,2,9H2,1H3. The number of nitrogens with one attached hydrogen (secondary N) is 1. The predicted octanol–water partition coefficient (Wildman–Crippen LogP) is 5.42. The highest BCUT2D eigenvalue weighted by Gasteiger charge is 2.07. The molecule has 0 aliphatic heterocycles. The van der Waals surface area contributed by atoms with E-state index in [2.05, 4.69) is 28.8 Å². The molecule has 0 saturated carbocycles. The number of halogens is 2. The molecule has 1 N–H and O–H groups in total. The Morgan fingerprint density at radius 3 is 2.64 bits per heavy atom. The van der Waals surface area contributed by atoms with Gasteiger partial charge in [0, 0.05) is 30.0 Å². The lowest BCUT2D eigenvalue weighted by Gasteiger charge is -2.11. The summed E-state index contributed by atoms with van der Waals surface area (Å²) >= 11 is 13.9. The maximum absolute atomic E-state index is 6.13. The maximum atomic E-state index is 6.13. The fraction of sp³-hybridized carbons (Fsp3) is 0.188. The summed E-state index contributed by atoms with van der Waals surface area (Å²) < 4.78 is 1.85. The third-order valence-electron chi connectivity index (χ3n) is 3.42. The van der Waals surface area contributed by atoms with Gasteiger partial charge in [0.25, 0.3) is 0 Å². The molecule has 3 rings (SSSR count).